The van der Waals surface area contributed by atoms with Gasteiger partial charge in [0.15, 0.2) is 11.6 Å². The van der Waals surface area contributed by atoms with Gasteiger partial charge in [-0.05, 0) is 78.1 Å². The zero-order valence-corrected chi connectivity index (χ0v) is 21.3. The summed E-state index contributed by atoms with van der Waals surface area (Å²) in [5, 5.41) is 14.1. The van der Waals surface area contributed by atoms with Crippen molar-refractivity contribution in [2.45, 2.75) is 0 Å². The molecule has 0 N–H and O–H groups in total. The Morgan fingerprint density at radius 2 is 0.750 bits per heavy atom. The molecule has 0 atom stereocenters. The second kappa shape index (κ2) is 8.01. The minimum absolute atomic E-state index is 0.711. The number of benzene rings is 7. The van der Waals surface area contributed by atoms with Crippen LogP contribution in [0.1, 0.15) is 0 Å². The van der Waals surface area contributed by atoms with Gasteiger partial charge in [-0.2, -0.15) is 0 Å². The minimum Gasteiger partial charge on any atom is -0.237 e. The van der Waals surface area contributed by atoms with E-state index < -0.39 is 0 Å². The molecule has 0 aliphatic rings. The molecule has 0 bridgehead atoms. The van der Waals surface area contributed by atoms with Crippen molar-refractivity contribution in [3.63, 3.8) is 0 Å². The molecule has 0 saturated heterocycles. The van der Waals surface area contributed by atoms with Gasteiger partial charge in [-0.1, -0.05) is 72.8 Å². The molecule has 9 aromatic rings. The van der Waals surface area contributed by atoms with E-state index in [0.717, 1.165) is 32.7 Å². The van der Waals surface area contributed by atoms with Crippen LogP contribution in [0, 0.1) is 0 Å². The molecule has 4 nitrogen and oxygen atoms in total. The predicted octanol–water partition coefficient (Wildman–Crippen LogP) is 8.96. The van der Waals surface area contributed by atoms with E-state index >= 15 is 0 Å². The lowest BCUT2D eigenvalue weighted by Gasteiger charge is -2.21. The highest BCUT2D eigenvalue weighted by molar-refractivity contribution is 6.40. The lowest BCUT2D eigenvalue weighted by atomic mass is 9.82. The molecule has 184 valence electrons. The van der Waals surface area contributed by atoms with Gasteiger partial charge in [-0.3, -0.25) is 0 Å². The molecule has 0 aliphatic carbocycles. The summed E-state index contributed by atoms with van der Waals surface area (Å²) >= 11 is 0. The fourth-order valence-electron chi connectivity index (χ4n) is 6.61. The van der Waals surface area contributed by atoms with Gasteiger partial charge >= 0.3 is 0 Å². The lowest BCUT2D eigenvalue weighted by Crippen LogP contribution is -1.98. The van der Waals surface area contributed by atoms with Crippen LogP contribution in [0.3, 0.4) is 0 Å². The maximum atomic E-state index is 4.82. The molecule has 0 spiro atoms. The highest BCUT2D eigenvalue weighted by Gasteiger charge is 2.25. The SMILES string of the molecule is c1cnc(-c2c3cc4ccccc4cc3c(-c3ncccn3)c3c4cccc5ccc6cccc(c23)c6c54)nc1. The Balaban J connectivity index is 1.70. The molecule has 0 saturated carbocycles. The summed E-state index contributed by atoms with van der Waals surface area (Å²) in [6.07, 6.45) is 7.31. The van der Waals surface area contributed by atoms with Crippen LogP contribution in [0.25, 0.3) is 87.4 Å². The third-order valence-electron chi connectivity index (χ3n) is 8.18. The van der Waals surface area contributed by atoms with Crippen molar-refractivity contribution >= 4 is 64.6 Å². The summed E-state index contributed by atoms with van der Waals surface area (Å²) in [4.78, 5) is 19.3. The number of aromatic nitrogens is 4. The molecule has 4 heteroatoms. The summed E-state index contributed by atoms with van der Waals surface area (Å²) in [7, 11) is 0. The Labute approximate surface area is 228 Å². The second-order valence-electron chi connectivity index (χ2n) is 10.3. The second-order valence-corrected chi connectivity index (χ2v) is 10.3. The number of fused-ring (bicyclic) bond motifs is 5. The van der Waals surface area contributed by atoms with Crippen LogP contribution in [-0.2, 0) is 0 Å². The Hall–Kier alpha value is -5.48. The molecule has 9 rings (SSSR count). The molecule has 2 heterocycles. The quantitative estimate of drug-likeness (QED) is 0.173. The van der Waals surface area contributed by atoms with Crippen molar-refractivity contribution in [3.8, 4) is 22.8 Å². The van der Waals surface area contributed by atoms with Crippen molar-refractivity contribution in [1.82, 2.24) is 19.9 Å². The van der Waals surface area contributed by atoms with Crippen LogP contribution < -0.4 is 0 Å². The van der Waals surface area contributed by atoms with Crippen molar-refractivity contribution < 1.29 is 0 Å². The topological polar surface area (TPSA) is 51.6 Å². The molecule has 0 fully saturated rings. The molecule has 0 unspecified atom stereocenters. The number of rotatable bonds is 2. The molecule has 2 aromatic heterocycles. The van der Waals surface area contributed by atoms with Crippen LogP contribution in [0.4, 0.5) is 0 Å². The summed E-state index contributed by atoms with van der Waals surface area (Å²) in [6, 6.07) is 34.5. The van der Waals surface area contributed by atoms with Gasteiger partial charge in [0.25, 0.3) is 0 Å². The number of hydrogen-bond donors (Lipinski definition) is 0. The maximum Gasteiger partial charge on any atom is 0.160 e. The van der Waals surface area contributed by atoms with Crippen LogP contribution in [-0.4, -0.2) is 19.9 Å². The fourth-order valence-corrected chi connectivity index (χ4v) is 6.61. The molecule has 0 amide bonds. The van der Waals surface area contributed by atoms with E-state index in [1.54, 1.807) is 0 Å². The van der Waals surface area contributed by atoms with E-state index in [9.17, 15) is 0 Å². The highest BCUT2D eigenvalue weighted by atomic mass is 14.9. The van der Waals surface area contributed by atoms with Crippen molar-refractivity contribution in [3.05, 3.63) is 122 Å². The first kappa shape index (κ1) is 21.5. The summed E-state index contributed by atoms with van der Waals surface area (Å²) in [5.41, 5.74) is 2.07. The van der Waals surface area contributed by atoms with Gasteiger partial charge in [-0.25, -0.2) is 19.9 Å². The van der Waals surface area contributed by atoms with Crippen molar-refractivity contribution in [1.29, 1.82) is 0 Å². The molecule has 0 aliphatic heterocycles. The highest BCUT2D eigenvalue weighted by Crippen LogP contribution is 2.50. The third kappa shape index (κ3) is 2.85. The summed E-state index contributed by atoms with van der Waals surface area (Å²) < 4.78 is 0. The van der Waals surface area contributed by atoms with Gasteiger partial charge in [0.05, 0.1) is 0 Å². The molecule has 0 radical (unpaired) electrons. The Bertz CT molecular complexity index is 2250. The van der Waals surface area contributed by atoms with E-state index in [2.05, 4.69) is 84.9 Å². The fraction of sp³-hybridized carbons (Fsp3) is 0. The van der Waals surface area contributed by atoms with Gasteiger partial charge in [-0.15, -0.1) is 0 Å². The van der Waals surface area contributed by atoms with E-state index in [4.69, 9.17) is 19.9 Å². The largest absolute Gasteiger partial charge is 0.237 e. The maximum absolute atomic E-state index is 4.82. The summed E-state index contributed by atoms with van der Waals surface area (Å²) in [6.45, 7) is 0. The number of hydrogen-bond acceptors (Lipinski definition) is 4. The van der Waals surface area contributed by atoms with Crippen LogP contribution >= 0.6 is 0 Å². The first-order chi connectivity index (χ1) is 19.9. The average molecular weight is 509 g/mol. The number of nitrogens with zero attached hydrogens (tertiary/aromatic N) is 4. The Kier molecular flexibility index (Phi) is 4.30. The third-order valence-corrected chi connectivity index (χ3v) is 8.18. The smallest absolute Gasteiger partial charge is 0.160 e. The molecular weight excluding hydrogens is 488 g/mol. The van der Waals surface area contributed by atoms with Crippen LogP contribution in [0.15, 0.2) is 122 Å². The molecular formula is C36H20N4. The average Bonchev–Trinajstić information content (AvgIpc) is 3.02. The first-order valence-electron chi connectivity index (χ1n) is 13.4. The van der Waals surface area contributed by atoms with Gasteiger partial charge in [0, 0.05) is 46.7 Å². The minimum atomic E-state index is 0.711. The van der Waals surface area contributed by atoms with E-state index in [1.807, 2.05) is 36.9 Å². The van der Waals surface area contributed by atoms with E-state index in [1.165, 1.54) is 43.1 Å². The zero-order chi connectivity index (χ0) is 26.2. The normalized spacial score (nSPS) is 12.0. The van der Waals surface area contributed by atoms with Gasteiger partial charge in [0.2, 0.25) is 0 Å². The van der Waals surface area contributed by atoms with Crippen LogP contribution in [0.2, 0.25) is 0 Å². The van der Waals surface area contributed by atoms with E-state index in [0.29, 0.717) is 11.6 Å². The van der Waals surface area contributed by atoms with Gasteiger partial charge in [0.1, 0.15) is 0 Å². The Morgan fingerprint density at radius 3 is 1.20 bits per heavy atom. The van der Waals surface area contributed by atoms with Crippen molar-refractivity contribution in [2.75, 3.05) is 0 Å². The lowest BCUT2D eigenvalue weighted by molar-refractivity contribution is 1.18. The van der Waals surface area contributed by atoms with Crippen molar-refractivity contribution in [2.24, 2.45) is 0 Å². The monoisotopic (exact) mass is 508 g/mol. The first-order valence-corrected chi connectivity index (χ1v) is 13.4. The molecule has 7 aromatic carbocycles. The zero-order valence-electron chi connectivity index (χ0n) is 21.3. The van der Waals surface area contributed by atoms with Gasteiger partial charge < -0.3 is 0 Å². The Morgan fingerprint density at radius 1 is 0.325 bits per heavy atom. The summed E-state index contributed by atoms with van der Waals surface area (Å²) in [5.74, 6) is 1.42. The predicted molar refractivity (Wildman–Crippen MR) is 165 cm³/mol. The van der Waals surface area contributed by atoms with Crippen LogP contribution in [0.5, 0.6) is 0 Å². The standard InChI is InChI=1S/C36H20N4/c1-2-8-24-20-28-27(19-23(24)7-1)33(35-37-15-5-16-38-35)31-25-11-3-9-21-13-14-22-10-4-12-26(30(22)29(21)25)32(31)34(28)36-39-17-6-18-40-36/h1-20H. The van der Waals surface area contributed by atoms with E-state index in [-0.39, 0.29) is 0 Å². The molecule has 40 heavy (non-hydrogen) atoms.